The van der Waals surface area contributed by atoms with Gasteiger partial charge in [-0.05, 0) is 23.8 Å². The number of fused-ring (bicyclic) bond motifs is 6. The smallest absolute Gasteiger partial charge is 0.242 e. The van der Waals surface area contributed by atoms with Gasteiger partial charge in [-0.3, -0.25) is 30.8 Å². The number of aliphatic hydroxyl groups is 5. The Hall–Kier alpha value is -4.95. The topological polar surface area (TPSA) is 255 Å². The predicted octanol–water partition coefficient (Wildman–Crippen LogP) is -1.53. The highest BCUT2D eigenvalue weighted by atomic mass is 16.7. The molecule has 3 aromatic rings. The Labute approximate surface area is 314 Å². The van der Waals surface area contributed by atoms with E-state index in [1.165, 1.54) is 18.4 Å². The van der Waals surface area contributed by atoms with Crippen LogP contribution >= 0.6 is 0 Å². The first-order valence-electron chi connectivity index (χ1n) is 17.9. The van der Waals surface area contributed by atoms with E-state index in [-0.39, 0.29) is 65.1 Å². The third-order valence-electron chi connectivity index (χ3n) is 10.8. The van der Waals surface area contributed by atoms with Crippen molar-refractivity contribution in [2.75, 3.05) is 38.0 Å². The summed E-state index contributed by atoms with van der Waals surface area (Å²) in [5.41, 5.74) is 5.28. The number of nitrogens with zero attached hydrogens (tertiary/aromatic N) is 1. The Morgan fingerprint density at radius 2 is 1.71 bits per heavy atom. The van der Waals surface area contributed by atoms with Gasteiger partial charge in [-0.25, -0.2) is 0 Å². The molecule has 290 valence electrons. The lowest BCUT2D eigenvalue weighted by atomic mass is 9.79. The van der Waals surface area contributed by atoms with Gasteiger partial charge in [0.15, 0.2) is 28.7 Å². The van der Waals surface area contributed by atoms with Crippen molar-refractivity contribution >= 4 is 23.2 Å². The van der Waals surface area contributed by atoms with E-state index in [2.05, 4.69) is 16.0 Å². The molecule has 55 heavy (non-hydrogen) atoms. The summed E-state index contributed by atoms with van der Waals surface area (Å²) in [5.74, 6) is -2.65. The predicted molar refractivity (Wildman–Crippen MR) is 191 cm³/mol. The number of carbonyl (C=O) groups is 3. The van der Waals surface area contributed by atoms with Crippen LogP contribution in [0.5, 0.6) is 11.5 Å². The average Bonchev–Trinajstić information content (AvgIpc) is 3.60. The van der Waals surface area contributed by atoms with Crippen molar-refractivity contribution in [2.45, 2.75) is 61.0 Å². The number of nitrogens with two attached hydrogens (primary N) is 1. The molecule has 0 aromatic heterocycles. The number of benzene rings is 3. The first kappa shape index (κ1) is 37.0. The van der Waals surface area contributed by atoms with E-state index in [1.807, 2.05) is 23.1 Å². The van der Waals surface area contributed by atoms with Crippen LogP contribution in [0, 0.1) is 0 Å². The fraction of sp³-hybridized carbons (Fsp3) is 0.395. The van der Waals surface area contributed by atoms with Crippen LogP contribution < -0.4 is 36.1 Å². The zero-order valence-electron chi connectivity index (χ0n) is 29.3. The maximum atomic E-state index is 14.3. The summed E-state index contributed by atoms with van der Waals surface area (Å²) < 4.78 is 24.6. The summed E-state index contributed by atoms with van der Waals surface area (Å²) >= 11 is 0. The lowest BCUT2D eigenvalue weighted by molar-refractivity contribution is -0.323. The van der Waals surface area contributed by atoms with Gasteiger partial charge in [0.1, 0.15) is 50.0 Å². The molecule has 17 heteroatoms. The fourth-order valence-corrected chi connectivity index (χ4v) is 8.06. The second-order valence-corrected chi connectivity index (χ2v) is 14.0. The van der Waals surface area contributed by atoms with E-state index in [0.29, 0.717) is 11.3 Å². The van der Waals surface area contributed by atoms with Gasteiger partial charge in [0.2, 0.25) is 12.2 Å². The molecule has 5 aliphatic rings. The van der Waals surface area contributed by atoms with Gasteiger partial charge in [-0.2, -0.15) is 0 Å². The van der Waals surface area contributed by atoms with Crippen LogP contribution in [-0.4, -0.2) is 125 Å². The molecule has 1 aliphatic carbocycles. The highest BCUT2D eigenvalue weighted by Crippen LogP contribution is 2.50. The van der Waals surface area contributed by atoms with E-state index in [4.69, 9.17) is 24.7 Å². The van der Waals surface area contributed by atoms with Crippen LogP contribution in [0.3, 0.4) is 0 Å². The lowest BCUT2D eigenvalue weighted by Gasteiger charge is -2.47. The molecule has 17 nitrogen and oxygen atoms in total. The van der Waals surface area contributed by atoms with Gasteiger partial charge in [0, 0.05) is 46.9 Å². The number of aliphatic hydroxyl groups excluding tert-OH is 4. The van der Waals surface area contributed by atoms with Crippen molar-refractivity contribution in [3.63, 3.8) is 0 Å². The minimum Gasteiger partial charge on any atom is -0.499 e. The Kier molecular flexibility index (Phi) is 9.83. The van der Waals surface area contributed by atoms with Gasteiger partial charge in [0.05, 0.1) is 25.1 Å². The third kappa shape index (κ3) is 6.13. The van der Waals surface area contributed by atoms with Gasteiger partial charge in [0.25, 0.3) is 0 Å². The molecule has 2 bridgehead atoms. The highest BCUT2D eigenvalue weighted by molar-refractivity contribution is 6.29. The minimum atomic E-state index is -2.41. The monoisotopic (exact) mass is 759 g/mol. The number of anilines is 1. The Morgan fingerprint density at radius 1 is 0.964 bits per heavy atom. The first-order chi connectivity index (χ1) is 26.6. The second-order valence-electron chi connectivity index (χ2n) is 14.0. The van der Waals surface area contributed by atoms with E-state index < -0.39 is 85.8 Å². The number of rotatable bonds is 7. The molecule has 0 spiro atoms. The number of amides is 1. The molecule has 9 atom stereocenters. The summed E-state index contributed by atoms with van der Waals surface area (Å²) in [7, 11) is 0. The summed E-state index contributed by atoms with van der Waals surface area (Å²) in [6.45, 7) is -1.55. The maximum Gasteiger partial charge on any atom is 0.242 e. The van der Waals surface area contributed by atoms with Crippen molar-refractivity contribution < 1.29 is 58.9 Å². The largest absolute Gasteiger partial charge is 0.499 e. The van der Waals surface area contributed by atoms with Crippen molar-refractivity contribution in [1.82, 2.24) is 16.0 Å². The summed E-state index contributed by atoms with van der Waals surface area (Å²) in [4.78, 5) is 43.5. The number of hydrogen-bond acceptors (Lipinski definition) is 16. The summed E-state index contributed by atoms with van der Waals surface area (Å²) in [6, 6.07) is 14.5. The van der Waals surface area contributed by atoms with Gasteiger partial charge < -0.3 is 54.7 Å². The van der Waals surface area contributed by atoms with E-state index in [9.17, 15) is 39.9 Å². The number of para-hydroxylation sites is 1. The number of ketones is 2. The van der Waals surface area contributed by atoms with Gasteiger partial charge in [-0.15, -0.1) is 0 Å². The number of nitrogens with one attached hydrogen (secondary N) is 3. The zero-order chi connectivity index (χ0) is 38.6. The normalized spacial score (nSPS) is 31.7. The van der Waals surface area contributed by atoms with Crippen molar-refractivity contribution in [1.29, 1.82) is 0 Å². The zero-order valence-corrected chi connectivity index (χ0v) is 29.3. The van der Waals surface area contributed by atoms with Crippen LogP contribution in [0.2, 0.25) is 0 Å². The molecule has 0 unspecified atom stereocenters. The SMILES string of the molecule is N[C@@H]1NC(=O)[C@@H]2NCN(c3ccccc3[C@@H]3/C=C/OC[C@@H]4O[C@H](Oc5c3cc3c(c5OCCO)C(=O)c5ccccc5C3=O)[C@](O)(CCO)[C@H](O)[C@H]4O)[C@H]2N1. The van der Waals surface area contributed by atoms with Gasteiger partial charge in [-0.1, -0.05) is 42.5 Å². The highest BCUT2D eigenvalue weighted by Gasteiger charge is 2.57. The van der Waals surface area contributed by atoms with Gasteiger partial charge >= 0.3 is 0 Å². The molecule has 3 aromatic carbocycles. The minimum absolute atomic E-state index is 0.0197. The van der Waals surface area contributed by atoms with E-state index in [1.54, 1.807) is 30.3 Å². The Morgan fingerprint density at radius 3 is 2.47 bits per heavy atom. The van der Waals surface area contributed by atoms with Crippen LogP contribution in [0.15, 0.2) is 66.9 Å². The number of allylic oxidation sites excluding steroid dienone is 1. The molecule has 0 saturated carbocycles. The number of carbonyl (C=O) groups excluding carboxylic acids is 3. The van der Waals surface area contributed by atoms with Crippen molar-refractivity contribution in [3.8, 4) is 11.5 Å². The standard InChI is InChI=1S/C38H41N5O12/c39-37-41-34-27(35(50)42-37)40-17-43(34)24-8-4-3-5-19(24)18-9-13-52-16-25-30(48)33(49)38(51,10-11-44)36(54-25)55-31-22(18)15-23-26(32(31)53-14-12-45)29(47)21-7-2-1-6-20(21)28(23)46/h1-9,13,15,18,25,27,30,33-34,36-37,40-41,44-45,48-49,51H,10-12,14,16-17,39H2,(H,42,50)/b13-9+/t18-,25-,27+,30-,33+,34+,36+,37-,38-/m0/s1. The molecule has 10 N–H and O–H groups in total. The van der Waals surface area contributed by atoms with Crippen LogP contribution in [0.25, 0.3) is 0 Å². The number of hydrogen-bond donors (Lipinski definition) is 9. The Bertz CT molecular complexity index is 2050. The Balaban J connectivity index is 1.38. The molecule has 4 aliphatic heterocycles. The molecule has 3 saturated heterocycles. The maximum absolute atomic E-state index is 14.3. The molecular formula is C38H41N5O12. The summed E-state index contributed by atoms with van der Waals surface area (Å²) in [5, 5.41) is 63.3. The quantitative estimate of drug-likeness (QED) is 0.104. The van der Waals surface area contributed by atoms with Crippen LogP contribution in [-0.2, 0) is 14.3 Å². The molecule has 0 radical (unpaired) electrons. The van der Waals surface area contributed by atoms with E-state index in [0.717, 1.165) is 0 Å². The molecule has 3 fully saturated rings. The molecular weight excluding hydrogens is 718 g/mol. The molecule has 8 rings (SSSR count). The second kappa shape index (κ2) is 14.6. The molecule has 4 heterocycles. The third-order valence-corrected chi connectivity index (χ3v) is 10.8. The fourth-order valence-electron chi connectivity index (χ4n) is 8.06. The van der Waals surface area contributed by atoms with Crippen molar-refractivity contribution in [3.05, 3.63) is 100 Å². The lowest BCUT2D eigenvalue weighted by Crippen LogP contribution is -2.70. The van der Waals surface area contributed by atoms with E-state index >= 15 is 0 Å². The summed E-state index contributed by atoms with van der Waals surface area (Å²) in [6.07, 6.45) is -5.48. The molecule has 1 amide bonds. The van der Waals surface area contributed by atoms with Crippen LogP contribution in [0.4, 0.5) is 5.69 Å². The first-order valence-corrected chi connectivity index (χ1v) is 17.9. The average molecular weight is 760 g/mol. The number of ether oxygens (including phenoxy) is 4. The van der Waals surface area contributed by atoms with Crippen molar-refractivity contribution in [2.24, 2.45) is 5.73 Å². The van der Waals surface area contributed by atoms with Crippen LogP contribution in [0.1, 0.15) is 55.3 Å².